The molecule has 3 heterocycles. The zero-order valence-corrected chi connectivity index (χ0v) is 16.1. The van der Waals surface area contributed by atoms with Crippen LogP contribution in [0.2, 0.25) is 0 Å². The average Bonchev–Trinajstić information content (AvgIpc) is 3.37. The van der Waals surface area contributed by atoms with Gasteiger partial charge in [0.1, 0.15) is 0 Å². The number of nitrogens with zero attached hydrogens (tertiary/aromatic N) is 3. The van der Waals surface area contributed by atoms with E-state index < -0.39 is 0 Å². The second-order valence-electron chi connectivity index (χ2n) is 8.60. The van der Waals surface area contributed by atoms with Gasteiger partial charge in [0.2, 0.25) is 5.91 Å². The molecule has 2 aliphatic heterocycles. The summed E-state index contributed by atoms with van der Waals surface area (Å²) in [5, 5.41) is 3.23. The van der Waals surface area contributed by atoms with E-state index in [1.54, 1.807) is 6.33 Å². The van der Waals surface area contributed by atoms with Gasteiger partial charge in [-0.15, -0.1) is 0 Å². The molecule has 7 nitrogen and oxygen atoms in total. The summed E-state index contributed by atoms with van der Waals surface area (Å²) < 4.78 is 0. The Morgan fingerprint density at radius 2 is 2.11 bits per heavy atom. The van der Waals surface area contributed by atoms with Crippen molar-refractivity contribution >= 4 is 11.9 Å². The Labute approximate surface area is 160 Å². The maximum Gasteiger partial charge on any atom is 0.317 e. The van der Waals surface area contributed by atoms with Gasteiger partial charge in [0.25, 0.3) is 0 Å². The number of hydrogen-bond donors (Lipinski definition) is 2. The minimum absolute atomic E-state index is 0.0627. The monoisotopic (exact) mass is 373 g/mol. The highest BCUT2D eigenvalue weighted by molar-refractivity contribution is 5.77. The smallest absolute Gasteiger partial charge is 0.317 e. The number of aromatic nitrogens is 2. The van der Waals surface area contributed by atoms with Crippen LogP contribution < -0.4 is 5.32 Å². The van der Waals surface area contributed by atoms with E-state index in [9.17, 15) is 9.59 Å². The molecular weight excluding hydrogens is 342 g/mol. The fraction of sp³-hybridized carbons (Fsp3) is 0.750. The van der Waals surface area contributed by atoms with Crippen molar-refractivity contribution in [3.8, 4) is 0 Å². The molecule has 2 N–H and O–H groups in total. The molecule has 0 unspecified atom stereocenters. The Bertz CT molecular complexity index is 655. The molecule has 1 aromatic heterocycles. The van der Waals surface area contributed by atoms with Gasteiger partial charge >= 0.3 is 6.03 Å². The predicted molar refractivity (Wildman–Crippen MR) is 102 cm³/mol. The predicted octanol–water partition coefficient (Wildman–Crippen LogP) is 2.31. The molecule has 148 valence electrons. The Hall–Kier alpha value is -2.05. The van der Waals surface area contributed by atoms with E-state index in [0.29, 0.717) is 12.5 Å². The van der Waals surface area contributed by atoms with Crippen LogP contribution in [0, 0.1) is 5.41 Å². The van der Waals surface area contributed by atoms with Gasteiger partial charge in [-0.2, -0.15) is 0 Å². The first kappa shape index (κ1) is 18.3. The topological polar surface area (TPSA) is 81.3 Å². The van der Waals surface area contributed by atoms with Gasteiger partial charge in [0.05, 0.1) is 6.33 Å². The van der Waals surface area contributed by atoms with Crippen molar-refractivity contribution in [2.75, 3.05) is 26.2 Å². The van der Waals surface area contributed by atoms with Crippen molar-refractivity contribution in [1.29, 1.82) is 0 Å². The van der Waals surface area contributed by atoms with E-state index in [-0.39, 0.29) is 17.4 Å². The van der Waals surface area contributed by atoms with Crippen LogP contribution in [0.5, 0.6) is 0 Å². The summed E-state index contributed by atoms with van der Waals surface area (Å²) in [6, 6.07) is 0.455. The Morgan fingerprint density at radius 1 is 1.26 bits per heavy atom. The summed E-state index contributed by atoms with van der Waals surface area (Å²) >= 11 is 0. The van der Waals surface area contributed by atoms with Crippen LogP contribution in [0.3, 0.4) is 0 Å². The number of aromatic amines is 1. The molecule has 1 aromatic rings. The van der Waals surface area contributed by atoms with Gasteiger partial charge in [-0.05, 0) is 32.1 Å². The number of nitrogens with one attached hydrogen (secondary N) is 2. The van der Waals surface area contributed by atoms with E-state index in [1.165, 1.54) is 12.8 Å². The van der Waals surface area contributed by atoms with Crippen LogP contribution in [0.4, 0.5) is 4.79 Å². The molecule has 4 rings (SSSR count). The minimum atomic E-state index is 0.0627. The first-order chi connectivity index (χ1) is 13.1. The number of carbonyl (C=O) groups excluding carboxylic acids is 2. The van der Waals surface area contributed by atoms with Gasteiger partial charge in [-0.3, -0.25) is 4.79 Å². The lowest BCUT2D eigenvalue weighted by Gasteiger charge is -2.48. The fourth-order valence-corrected chi connectivity index (χ4v) is 5.03. The van der Waals surface area contributed by atoms with Gasteiger partial charge in [0, 0.05) is 62.4 Å². The molecule has 1 saturated carbocycles. The summed E-state index contributed by atoms with van der Waals surface area (Å²) in [7, 11) is 0. The van der Waals surface area contributed by atoms with Crippen LogP contribution in [0.25, 0.3) is 0 Å². The summed E-state index contributed by atoms with van der Waals surface area (Å²) in [6.45, 7) is 3.10. The van der Waals surface area contributed by atoms with Crippen LogP contribution in [-0.2, 0) is 11.2 Å². The van der Waals surface area contributed by atoms with Crippen LogP contribution in [0.1, 0.15) is 57.1 Å². The highest BCUT2D eigenvalue weighted by Crippen LogP contribution is 2.39. The highest BCUT2D eigenvalue weighted by Gasteiger charge is 2.42. The lowest BCUT2D eigenvalue weighted by molar-refractivity contribution is -0.138. The van der Waals surface area contributed by atoms with Gasteiger partial charge in [-0.1, -0.05) is 12.8 Å². The molecular formula is C20H31N5O2. The van der Waals surface area contributed by atoms with E-state index in [0.717, 1.165) is 70.4 Å². The number of H-pyrrole nitrogens is 1. The van der Waals surface area contributed by atoms with Crippen molar-refractivity contribution < 1.29 is 9.59 Å². The molecule has 0 bridgehead atoms. The van der Waals surface area contributed by atoms with Crippen LogP contribution >= 0.6 is 0 Å². The molecule has 27 heavy (non-hydrogen) atoms. The van der Waals surface area contributed by atoms with Crippen molar-refractivity contribution in [2.24, 2.45) is 5.41 Å². The number of carbonyl (C=O) groups is 2. The third-order valence-corrected chi connectivity index (χ3v) is 6.59. The summed E-state index contributed by atoms with van der Waals surface area (Å²) in [6.07, 6.45) is 12.6. The molecule has 3 aliphatic rings. The molecule has 1 atom stereocenters. The molecule has 0 aromatic carbocycles. The minimum Gasteiger partial charge on any atom is -0.348 e. The summed E-state index contributed by atoms with van der Waals surface area (Å²) in [5.41, 5.74) is 1.12. The summed E-state index contributed by atoms with van der Waals surface area (Å²) in [5.74, 6) is 0.243. The molecule has 3 amide bonds. The van der Waals surface area contributed by atoms with E-state index in [4.69, 9.17) is 0 Å². The third kappa shape index (κ3) is 4.28. The Kier molecular flexibility index (Phi) is 5.36. The lowest BCUT2D eigenvalue weighted by atomic mass is 9.73. The van der Waals surface area contributed by atoms with Crippen LogP contribution in [-0.4, -0.2) is 63.9 Å². The highest BCUT2D eigenvalue weighted by atomic mass is 16.2. The summed E-state index contributed by atoms with van der Waals surface area (Å²) in [4.78, 5) is 36.3. The molecule has 1 aliphatic carbocycles. The first-order valence-electron chi connectivity index (χ1n) is 10.4. The number of likely N-dealkylation sites (tertiary alicyclic amines) is 2. The fourth-order valence-electron chi connectivity index (χ4n) is 5.03. The second-order valence-corrected chi connectivity index (χ2v) is 8.60. The lowest BCUT2D eigenvalue weighted by Crippen LogP contribution is -2.57. The Balaban J connectivity index is 1.35. The second kappa shape index (κ2) is 7.90. The number of piperidine rings is 2. The molecule has 7 heteroatoms. The molecule has 2 saturated heterocycles. The number of rotatable bonds is 4. The van der Waals surface area contributed by atoms with Gasteiger partial charge in [0.15, 0.2) is 0 Å². The zero-order valence-electron chi connectivity index (χ0n) is 16.1. The van der Waals surface area contributed by atoms with Gasteiger partial charge in [-0.25, -0.2) is 9.78 Å². The normalized spacial score (nSPS) is 26.7. The van der Waals surface area contributed by atoms with E-state index in [2.05, 4.69) is 15.3 Å². The zero-order chi connectivity index (χ0) is 18.7. The quantitative estimate of drug-likeness (QED) is 0.850. The van der Waals surface area contributed by atoms with Crippen molar-refractivity contribution in [2.45, 2.75) is 63.8 Å². The number of imidazole rings is 1. The number of amides is 3. The Morgan fingerprint density at radius 3 is 2.89 bits per heavy atom. The number of hydrogen-bond acceptors (Lipinski definition) is 3. The number of urea groups is 1. The first-order valence-corrected chi connectivity index (χ1v) is 10.4. The van der Waals surface area contributed by atoms with Crippen LogP contribution in [0.15, 0.2) is 12.5 Å². The maximum atomic E-state index is 12.7. The largest absolute Gasteiger partial charge is 0.348 e. The van der Waals surface area contributed by atoms with Gasteiger partial charge < -0.3 is 20.1 Å². The third-order valence-electron chi connectivity index (χ3n) is 6.59. The van der Waals surface area contributed by atoms with Crippen molar-refractivity contribution in [3.05, 3.63) is 18.2 Å². The maximum absolute atomic E-state index is 12.7. The SMILES string of the molecule is O=C1CC[C@]2(CCCN(C(=O)NC3CCCC3)C2)CN1CCc1cnc[nH]1. The van der Waals surface area contributed by atoms with Crippen molar-refractivity contribution in [1.82, 2.24) is 25.1 Å². The van der Waals surface area contributed by atoms with E-state index in [1.807, 2.05) is 16.0 Å². The standard InChI is InChI=1S/C20H31N5O2/c26-18-6-9-20(13-24(18)11-7-17-12-21-15-22-17)8-3-10-25(14-20)19(27)23-16-4-1-2-5-16/h12,15-16H,1-11,13-14H2,(H,21,22)(H,23,27)/t20-/m1/s1. The molecule has 0 radical (unpaired) electrons. The van der Waals surface area contributed by atoms with Crippen molar-refractivity contribution in [3.63, 3.8) is 0 Å². The molecule has 3 fully saturated rings. The average molecular weight is 374 g/mol. The molecule has 1 spiro atoms. The van der Waals surface area contributed by atoms with E-state index >= 15 is 0 Å².